The van der Waals surface area contributed by atoms with Gasteiger partial charge in [0.05, 0.1) is 17.1 Å². The van der Waals surface area contributed by atoms with Crippen LogP contribution in [-0.2, 0) is 0 Å². The van der Waals surface area contributed by atoms with Crippen LogP contribution in [0.2, 0.25) is 0 Å². The number of aliphatic imine (C=N–C) groups is 2. The van der Waals surface area contributed by atoms with Gasteiger partial charge in [-0.15, -0.1) is 0 Å². The second-order valence-electron chi connectivity index (χ2n) is 13.2. The fourth-order valence-electron chi connectivity index (χ4n) is 7.34. The van der Waals surface area contributed by atoms with E-state index in [1.165, 1.54) is 39.2 Å². The number of nitrogens with one attached hydrogen (secondary N) is 2. The Morgan fingerprint density at radius 2 is 1.02 bits per heavy atom. The summed E-state index contributed by atoms with van der Waals surface area (Å²) < 4.78 is 0. The average molecular weight is 672 g/mol. The van der Waals surface area contributed by atoms with Crippen molar-refractivity contribution in [2.75, 3.05) is 10.2 Å². The van der Waals surface area contributed by atoms with E-state index >= 15 is 0 Å². The van der Waals surface area contributed by atoms with Gasteiger partial charge in [0.15, 0.2) is 5.84 Å². The molecular weight excluding hydrogens is 635 g/mol. The highest BCUT2D eigenvalue weighted by molar-refractivity contribution is 6.13. The first-order valence-corrected chi connectivity index (χ1v) is 17.8. The Balaban J connectivity index is 1.04. The van der Waals surface area contributed by atoms with Crippen molar-refractivity contribution in [2.24, 2.45) is 9.98 Å². The Kier molecular flexibility index (Phi) is 8.14. The summed E-state index contributed by atoms with van der Waals surface area (Å²) >= 11 is 0. The zero-order chi connectivity index (χ0) is 34.9. The van der Waals surface area contributed by atoms with E-state index in [0.717, 1.165) is 39.6 Å². The van der Waals surface area contributed by atoms with Crippen molar-refractivity contribution < 1.29 is 0 Å². The van der Waals surface area contributed by atoms with Crippen LogP contribution in [0.1, 0.15) is 29.8 Å². The first-order chi connectivity index (χ1) is 25.7. The highest BCUT2D eigenvalue weighted by atomic mass is 15.3. The van der Waals surface area contributed by atoms with Gasteiger partial charge in [0.1, 0.15) is 18.2 Å². The molecule has 0 saturated carbocycles. The summed E-state index contributed by atoms with van der Waals surface area (Å²) in [4.78, 5) is 12.5. The predicted molar refractivity (Wildman–Crippen MR) is 216 cm³/mol. The van der Waals surface area contributed by atoms with Gasteiger partial charge in [-0.05, 0) is 64.6 Å². The Labute approximate surface area is 304 Å². The van der Waals surface area contributed by atoms with Crippen LogP contribution in [0.3, 0.4) is 0 Å². The van der Waals surface area contributed by atoms with Crippen LogP contribution in [0.5, 0.6) is 0 Å². The van der Waals surface area contributed by atoms with Crippen LogP contribution >= 0.6 is 0 Å². The van der Waals surface area contributed by atoms with Crippen molar-refractivity contribution in [1.29, 1.82) is 0 Å². The van der Waals surface area contributed by atoms with Crippen molar-refractivity contribution >= 4 is 28.7 Å². The molecule has 0 spiro atoms. The summed E-state index contributed by atoms with van der Waals surface area (Å²) in [6.07, 6.45) is -0.146. The van der Waals surface area contributed by atoms with Crippen LogP contribution in [0.4, 0.5) is 17.1 Å². The van der Waals surface area contributed by atoms with Gasteiger partial charge >= 0.3 is 0 Å². The van der Waals surface area contributed by atoms with E-state index in [9.17, 15) is 0 Å². The van der Waals surface area contributed by atoms with Crippen LogP contribution in [0.15, 0.2) is 192 Å². The first-order valence-electron chi connectivity index (χ1n) is 17.8. The average Bonchev–Trinajstić information content (AvgIpc) is 3.57. The Morgan fingerprint density at radius 3 is 1.75 bits per heavy atom. The van der Waals surface area contributed by atoms with E-state index in [2.05, 4.69) is 168 Å². The molecule has 250 valence electrons. The van der Waals surface area contributed by atoms with E-state index in [-0.39, 0.29) is 12.3 Å². The molecular formula is C47H37N5. The largest absolute Gasteiger partial charge is 0.363 e. The highest BCUT2D eigenvalue weighted by Gasteiger charge is 2.28. The number of fused-ring (bicyclic) bond motifs is 1. The third-order valence-corrected chi connectivity index (χ3v) is 9.85. The molecule has 52 heavy (non-hydrogen) atoms. The van der Waals surface area contributed by atoms with Crippen LogP contribution in [0.25, 0.3) is 33.4 Å². The second-order valence-corrected chi connectivity index (χ2v) is 13.2. The highest BCUT2D eigenvalue weighted by Crippen LogP contribution is 2.44. The van der Waals surface area contributed by atoms with E-state index in [4.69, 9.17) is 9.98 Å². The summed E-state index contributed by atoms with van der Waals surface area (Å²) in [5, 5.41) is 7.25. The molecule has 0 bridgehead atoms. The SMILES string of the molecule is CC1Nc2ccccc2N1c1ccccc1-c1ccc(-c2ccccc2-c2cccc(C3N=C(c4ccccc4)N=C(c4ccccc4)N3)c2)cc1. The normalized spacial score (nSPS) is 16.3. The van der Waals surface area contributed by atoms with Gasteiger partial charge in [-0.25, -0.2) is 9.98 Å². The number of para-hydroxylation sites is 3. The minimum atomic E-state index is -0.296. The quantitative estimate of drug-likeness (QED) is 0.177. The van der Waals surface area contributed by atoms with Crippen LogP contribution in [0, 0.1) is 0 Å². The molecule has 0 aromatic heterocycles. The van der Waals surface area contributed by atoms with Gasteiger partial charge in [-0.2, -0.15) is 0 Å². The zero-order valence-corrected chi connectivity index (χ0v) is 28.8. The van der Waals surface area contributed by atoms with E-state index in [1.54, 1.807) is 0 Å². The zero-order valence-electron chi connectivity index (χ0n) is 28.8. The Hall–Kier alpha value is -6.72. The maximum absolute atomic E-state index is 5.12. The van der Waals surface area contributed by atoms with Gasteiger partial charge in [0.2, 0.25) is 0 Å². The van der Waals surface area contributed by atoms with Crippen molar-refractivity contribution in [3.63, 3.8) is 0 Å². The third-order valence-electron chi connectivity index (χ3n) is 9.85. The monoisotopic (exact) mass is 671 g/mol. The first kappa shape index (κ1) is 31.3. The van der Waals surface area contributed by atoms with Gasteiger partial charge in [0.25, 0.3) is 0 Å². The molecule has 0 aliphatic carbocycles. The molecule has 2 atom stereocenters. The van der Waals surface area contributed by atoms with Crippen molar-refractivity contribution in [2.45, 2.75) is 19.3 Å². The number of anilines is 3. The fraction of sp³-hybridized carbons (Fsp3) is 0.0638. The molecule has 7 aromatic carbocycles. The molecule has 0 fully saturated rings. The summed E-state index contributed by atoms with van der Waals surface area (Å²) in [7, 11) is 0. The lowest BCUT2D eigenvalue weighted by Gasteiger charge is -2.26. The summed E-state index contributed by atoms with van der Waals surface area (Å²) in [6.45, 7) is 2.21. The molecule has 5 nitrogen and oxygen atoms in total. The van der Waals surface area contributed by atoms with Crippen LogP contribution in [-0.4, -0.2) is 17.8 Å². The summed E-state index contributed by atoms with van der Waals surface area (Å²) in [5.74, 6) is 1.53. The molecule has 2 aliphatic rings. The van der Waals surface area contributed by atoms with Gasteiger partial charge < -0.3 is 15.5 Å². The van der Waals surface area contributed by atoms with E-state index in [1.807, 2.05) is 36.4 Å². The molecule has 0 saturated heterocycles. The molecule has 7 aromatic rings. The second kappa shape index (κ2) is 13.5. The number of amidine groups is 2. The molecule has 0 radical (unpaired) electrons. The molecule has 2 heterocycles. The van der Waals surface area contributed by atoms with E-state index < -0.39 is 0 Å². The third kappa shape index (κ3) is 5.92. The minimum Gasteiger partial charge on any atom is -0.363 e. The minimum absolute atomic E-state index is 0.150. The predicted octanol–water partition coefficient (Wildman–Crippen LogP) is 11.1. The maximum Gasteiger partial charge on any atom is 0.159 e. The lowest BCUT2D eigenvalue weighted by atomic mass is 9.92. The van der Waals surface area contributed by atoms with Crippen LogP contribution < -0.4 is 15.5 Å². The Bertz CT molecular complexity index is 2430. The van der Waals surface area contributed by atoms with Crippen molar-refractivity contribution in [3.8, 4) is 33.4 Å². The standard InChI is InChI=1S/C47H37N5/c1-32-48-42-24-11-13-26-44(42)52(32)43-25-12-10-23-41(43)34-29-27-33(28-30-34)39-21-8-9-22-40(39)37-19-14-20-38(31-37)47-50-45(35-15-4-2-5-16-35)49-46(51-47)36-17-6-3-7-18-36/h2-32,47-48H,1H3,(H,49,50,51). The lowest BCUT2D eigenvalue weighted by molar-refractivity contribution is 0.674. The van der Waals surface area contributed by atoms with Gasteiger partial charge in [-0.1, -0.05) is 158 Å². The van der Waals surface area contributed by atoms with Crippen molar-refractivity contribution in [3.05, 3.63) is 199 Å². The fourth-order valence-corrected chi connectivity index (χ4v) is 7.34. The molecule has 0 amide bonds. The number of hydrogen-bond acceptors (Lipinski definition) is 5. The molecule has 9 rings (SSSR count). The van der Waals surface area contributed by atoms with Crippen molar-refractivity contribution in [1.82, 2.24) is 5.32 Å². The molecule has 2 unspecified atom stereocenters. The molecule has 5 heteroatoms. The number of benzene rings is 7. The Morgan fingerprint density at radius 1 is 0.462 bits per heavy atom. The smallest absolute Gasteiger partial charge is 0.159 e. The number of rotatable bonds is 7. The van der Waals surface area contributed by atoms with Gasteiger partial charge in [0, 0.05) is 16.7 Å². The number of nitrogens with zero attached hydrogens (tertiary/aromatic N) is 3. The summed E-state index contributed by atoms with van der Waals surface area (Å²) in [6, 6.07) is 64.0. The van der Waals surface area contributed by atoms with E-state index in [0.29, 0.717) is 0 Å². The lowest BCUT2D eigenvalue weighted by Crippen LogP contribution is -2.33. The maximum atomic E-state index is 5.12. The molecule has 2 N–H and O–H groups in total. The van der Waals surface area contributed by atoms with Gasteiger partial charge in [-0.3, -0.25) is 0 Å². The molecule has 2 aliphatic heterocycles. The number of hydrogen-bond donors (Lipinski definition) is 2. The summed E-state index contributed by atoms with van der Waals surface area (Å²) in [5.41, 5.74) is 13.7. The topological polar surface area (TPSA) is 52.0 Å².